The minimum Gasteiger partial charge on any atom is -0.352 e. The first kappa shape index (κ1) is 16.5. The summed E-state index contributed by atoms with van der Waals surface area (Å²) >= 11 is 0. The minimum absolute atomic E-state index is 0.415. The number of sulfonamides is 1. The summed E-state index contributed by atoms with van der Waals surface area (Å²) in [4.78, 5) is 0.415. The molecule has 1 aromatic rings. The van der Waals surface area contributed by atoms with E-state index < -0.39 is 10.0 Å². The lowest BCUT2D eigenvalue weighted by molar-refractivity contribution is 0.226. The number of piperidine rings is 1. The molecule has 1 aliphatic rings. The van der Waals surface area contributed by atoms with Crippen LogP contribution in [0.1, 0.15) is 32.4 Å². The molecule has 1 aliphatic heterocycles. The number of aromatic nitrogens is 1. The fourth-order valence-electron chi connectivity index (χ4n) is 3.01. The highest BCUT2D eigenvalue weighted by Crippen LogP contribution is 2.28. The van der Waals surface area contributed by atoms with Crippen LogP contribution < -0.4 is 5.32 Å². The average molecular weight is 313 g/mol. The van der Waals surface area contributed by atoms with E-state index in [9.17, 15) is 8.42 Å². The second-order valence-corrected chi connectivity index (χ2v) is 8.23. The Kier molecular flexibility index (Phi) is 5.11. The van der Waals surface area contributed by atoms with Gasteiger partial charge >= 0.3 is 0 Å². The third kappa shape index (κ3) is 3.49. The van der Waals surface area contributed by atoms with E-state index >= 15 is 0 Å². The molecule has 0 bridgehead atoms. The van der Waals surface area contributed by atoms with E-state index in [1.807, 2.05) is 18.7 Å². The van der Waals surface area contributed by atoms with Gasteiger partial charge in [-0.2, -0.15) is 4.31 Å². The maximum atomic E-state index is 12.7. The molecule has 0 aliphatic carbocycles. The van der Waals surface area contributed by atoms with Crippen LogP contribution in [0.25, 0.3) is 0 Å². The van der Waals surface area contributed by atoms with Crippen molar-refractivity contribution in [3.63, 3.8) is 0 Å². The third-order valence-electron chi connectivity index (χ3n) is 4.52. The third-order valence-corrected chi connectivity index (χ3v) is 6.38. The van der Waals surface area contributed by atoms with Crippen LogP contribution in [-0.4, -0.2) is 37.4 Å². The van der Waals surface area contributed by atoms with E-state index in [1.165, 1.54) is 0 Å². The van der Waals surface area contributed by atoms with Crippen molar-refractivity contribution in [2.75, 3.05) is 20.1 Å². The predicted octanol–water partition coefficient (Wildman–Crippen LogP) is 1.80. The van der Waals surface area contributed by atoms with Crippen LogP contribution in [0.5, 0.6) is 0 Å². The fourth-order valence-corrected chi connectivity index (χ4v) is 4.57. The summed E-state index contributed by atoms with van der Waals surface area (Å²) in [6, 6.07) is 1.78. The fraction of sp³-hybridized carbons (Fsp3) is 0.733. The highest BCUT2D eigenvalue weighted by molar-refractivity contribution is 7.89. The molecular weight excluding hydrogens is 286 g/mol. The highest BCUT2D eigenvalue weighted by Gasteiger charge is 2.31. The molecule has 0 saturated carbocycles. The van der Waals surface area contributed by atoms with E-state index in [2.05, 4.69) is 19.2 Å². The zero-order valence-electron chi connectivity index (χ0n) is 13.5. The molecule has 2 heterocycles. The SMILES string of the molecule is CNCc1cc(S(=O)(=O)N2CCC(C(C)C)CC2)cn1C. The number of aryl methyl sites for hydroxylation is 1. The lowest BCUT2D eigenvalue weighted by atomic mass is 9.87. The van der Waals surface area contributed by atoms with Crippen molar-refractivity contribution in [3.05, 3.63) is 18.0 Å². The summed E-state index contributed by atoms with van der Waals surface area (Å²) in [5.74, 6) is 1.28. The van der Waals surface area contributed by atoms with Crippen molar-refractivity contribution < 1.29 is 8.42 Å². The molecule has 0 aromatic carbocycles. The molecule has 2 rings (SSSR count). The maximum absolute atomic E-state index is 12.7. The molecule has 120 valence electrons. The first-order valence-corrected chi connectivity index (χ1v) is 9.10. The molecule has 5 nitrogen and oxygen atoms in total. The quantitative estimate of drug-likeness (QED) is 0.902. The van der Waals surface area contributed by atoms with Gasteiger partial charge in [-0.3, -0.25) is 0 Å². The Labute approximate surface area is 128 Å². The van der Waals surface area contributed by atoms with E-state index in [0.717, 1.165) is 18.5 Å². The van der Waals surface area contributed by atoms with Crippen molar-refractivity contribution in [3.8, 4) is 0 Å². The highest BCUT2D eigenvalue weighted by atomic mass is 32.2. The van der Waals surface area contributed by atoms with E-state index in [1.54, 1.807) is 16.6 Å². The molecule has 1 fully saturated rings. The van der Waals surface area contributed by atoms with Crippen LogP contribution in [0, 0.1) is 11.8 Å². The molecule has 0 spiro atoms. The zero-order valence-corrected chi connectivity index (χ0v) is 14.3. The molecule has 0 radical (unpaired) electrons. The lowest BCUT2D eigenvalue weighted by Crippen LogP contribution is -2.39. The average Bonchev–Trinajstić information content (AvgIpc) is 2.81. The predicted molar refractivity (Wildman–Crippen MR) is 84.5 cm³/mol. The number of hydrogen-bond donors (Lipinski definition) is 1. The van der Waals surface area contributed by atoms with Crippen molar-refractivity contribution in [1.29, 1.82) is 0 Å². The maximum Gasteiger partial charge on any atom is 0.244 e. The Morgan fingerprint density at radius 2 is 1.95 bits per heavy atom. The first-order valence-electron chi connectivity index (χ1n) is 7.66. The van der Waals surface area contributed by atoms with Gasteiger partial charge in [-0.25, -0.2) is 8.42 Å². The summed E-state index contributed by atoms with van der Waals surface area (Å²) in [7, 11) is 0.398. The molecule has 21 heavy (non-hydrogen) atoms. The van der Waals surface area contributed by atoms with Crippen molar-refractivity contribution >= 4 is 10.0 Å². The first-order chi connectivity index (χ1) is 9.86. The molecular formula is C15H27N3O2S. The molecule has 1 aromatic heterocycles. The number of nitrogens with one attached hydrogen (secondary N) is 1. The Hall–Kier alpha value is -0.850. The summed E-state index contributed by atoms with van der Waals surface area (Å²) in [6.45, 7) is 6.39. The van der Waals surface area contributed by atoms with Gasteiger partial charge in [0, 0.05) is 38.6 Å². The van der Waals surface area contributed by atoms with Gasteiger partial charge in [-0.05, 0) is 37.8 Å². The van der Waals surface area contributed by atoms with Gasteiger partial charge < -0.3 is 9.88 Å². The summed E-state index contributed by atoms with van der Waals surface area (Å²) in [5, 5.41) is 3.06. The van der Waals surface area contributed by atoms with Gasteiger partial charge in [0.25, 0.3) is 0 Å². The Balaban J connectivity index is 2.14. The second kappa shape index (κ2) is 6.50. The Bertz CT molecular complexity index is 570. The summed E-state index contributed by atoms with van der Waals surface area (Å²) in [6.07, 6.45) is 3.65. The van der Waals surface area contributed by atoms with E-state index in [-0.39, 0.29) is 0 Å². The van der Waals surface area contributed by atoms with Gasteiger partial charge in [0.05, 0.1) is 0 Å². The normalized spacial score (nSPS) is 18.5. The number of rotatable bonds is 5. The molecule has 6 heteroatoms. The van der Waals surface area contributed by atoms with Crippen molar-refractivity contribution in [2.45, 2.75) is 38.1 Å². The van der Waals surface area contributed by atoms with E-state index in [0.29, 0.717) is 36.4 Å². The molecule has 1 N–H and O–H groups in total. The minimum atomic E-state index is -3.35. The largest absolute Gasteiger partial charge is 0.352 e. The van der Waals surface area contributed by atoms with Crippen LogP contribution in [0.15, 0.2) is 17.2 Å². The number of hydrogen-bond acceptors (Lipinski definition) is 3. The number of nitrogens with zero attached hydrogens (tertiary/aromatic N) is 2. The topological polar surface area (TPSA) is 54.3 Å². The van der Waals surface area contributed by atoms with Crippen LogP contribution in [0.3, 0.4) is 0 Å². The van der Waals surface area contributed by atoms with Gasteiger partial charge in [-0.15, -0.1) is 0 Å². The van der Waals surface area contributed by atoms with Crippen LogP contribution in [0.4, 0.5) is 0 Å². The lowest BCUT2D eigenvalue weighted by Gasteiger charge is -2.32. The summed E-state index contributed by atoms with van der Waals surface area (Å²) in [5.41, 5.74) is 0.980. The molecule has 0 amide bonds. The van der Waals surface area contributed by atoms with Crippen LogP contribution >= 0.6 is 0 Å². The smallest absolute Gasteiger partial charge is 0.244 e. The van der Waals surface area contributed by atoms with Gasteiger partial charge in [0.15, 0.2) is 0 Å². The van der Waals surface area contributed by atoms with Crippen molar-refractivity contribution in [2.24, 2.45) is 18.9 Å². The second-order valence-electron chi connectivity index (χ2n) is 6.29. The molecule has 0 unspecified atom stereocenters. The van der Waals surface area contributed by atoms with Gasteiger partial charge in [-0.1, -0.05) is 13.8 Å². The Morgan fingerprint density at radius 3 is 2.48 bits per heavy atom. The van der Waals surface area contributed by atoms with Crippen LogP contribution in [0.2, 0.25) is 0 Å². The molecule has 0 atom stereocenters. The standard InChI is InChI=1S/C15H27N3O2S/c1-12(2)13-5-7-18(8-6-13)21(19,20)15-9-14(10-16-3)17(4)11-15/h9,11-13,16H,5-8,10H2,1-4H3. The van der Waals surface area contributed by atoms with Crippen LogP contribution in [-0.2, 0) is 23.6 Å². The zero-order chi connectivity index (χ0) is 15.6. The molecule has 1 saturated heterocycles. The van der Waals surface area contributed by atoms with Gasteiger partial charge in [0.1, 0.15) is 4.90 Å². The monoisotopic (exact) mass is 313 g/mol. The Morgan fingerprint density at radius 1 is 1.33 bits per heavy atom. The summed E-state index contributed by atoms with van der Waals surface area (Å²) < 4.78 is 29.0. The van der Waals surface area contributed by atoms with Gasteiger partial charge in [0.2, 0.25) is 10.0 Å². The van der Waals surface area contributed by atoms with E-state index in [4.69, 9.17) is 0 Å². The van der Waals surface area contributed by atoms with Crippen molar-refractivity contribution in [1.82, 2.24) is 14.2 Å².